The third kappa shape index (κ3) is 8.23. The number of halogens is 1. The van der Waals surface area contributed by atoms with Gasteiger partial charge in [-0.3, -0.25) is 13.9 Å². The van der Waals surface area contributed by atoms with Gasteiger partial charge in [0.15, 0.2) is 0 Å². The number of carbonyl (C=O) groups excluding carboxylic acids is 2. The van der Waals surface area contributed by atoms with E-state index in [4.69, 9.17) is 4.74 Å². The molecule has 8 nitrogen and oxygen atoms in total. The molecular weight excluding hydrogens is 581 g/mol. The van der Waals surface area contributed by atoms with Gasteiger partial charge in [-0.05, 0) is 93.9 Å². The van der Waals surface area contributed by atoms with E-state index < -0.39 is 40.2 Å². The number of carbonyl (C=O) groups is 2. The number of benzene rings is 4. The van der Waals surface area contributed by atoms with Crippen LogP contribution in [0.1, 0.15) is 31.9 Å². The third-order valence-corrected chi connectivity index (χ3v) is 8.64. The maximum Gasteiger partial charge on any atom is 0.264 e. The Hall–Kier alpha value is -4.70. The molecule has 230 valence electrons. The van der Waals surface area contributed by atoms with Crippen LogP contribution in [0.25, 0.3) is 0 Å². The van der Waals surface area contributed by atoms with Gasteiger partial charge in [-0.1, -0.05) is 48.0 Å². The Morgan fingerprint density at radius 2 is 1.41 bits per heavy atom. The fraction of sp³-hybridized carbons (Fsp3) is 0.235. The van der Waals surface area contributed by atoms with Crippen LogP contribution in [0.2, 0.25) is 0 Å². The summed E-state index contributed by atoms with van der Waals surface area (Å²) in [5.41, 5.74) is 1.70. The standard InChI is InChI=1S/C34H36FN3O5S/c1-24(2)36-34(40)26(4)37(22-27-12-14-28(35)15-13-27)33(39)23-38(44(41,42)32-20-10-25(3)11-21-32)29-16-18-31(19-17-29)43-30-8-6-5-7-9-30/h5-21,24,26H,22-23H2,1-4H3,(H,36,40)/t26-/m0/s1. The number of hydrogen-bond acceptors (Lipinski definition) is 5. The van der Waals surface area contributed by atoms with Gasteiger partial charge in [0.2, 0.25) is 11.8 Å². The minimum atomic E-state index is -4.22. The molecule has 4 rings (SSSR count). The summed E-state index contributed by atoms with van der Waals surface area (Å²) in [5.74, 6) is -0.348. The van der Waals surface area contributed by atoms with Crippen molar-refractivity contribution in [3.63, 3.8) is 0 Å². The second kappa shape index (κ2) is 14.2. The first-order chi connectivity index (χ1) is 20.9. The molecule has 2 amide bonds. The SMILES string of the molecule is Cc1ccc(S(=O)(=O)N(CC(=O)N(Cc2ccc(F)cc2)[C@@H](C)C(=O)NC(C)C)c2ccc(Oc3ccccc3)cc2)cc1. The van der Waals surface area contributed by atoms with Crippen molar-refractivity contribution in [2.24, 2.45) is 0 Å². The Labute approximate surface area is 258 Å². The molecule has 0 aliphatic rings. The third-order valence-electron chi connectivity index (χ3n) is 6.86. The fourth-order valence-corrected chi connectivity index (χ4v) is 5.86. The normalized spacial score (nSPS) is 12.0. The summed E-state index contributed by atoms with van der Waals surface area (Å²) < 4.78 is 48.6. The minimum Gasteiger partial charge on any atom is -0.457 e. The smallest absolute Gasteiger partial charge is 0.264 e. The van der Waals surface area contributed by atoms with Gasteiger partial charge in [-0.15, -0.1) is 0 Å². The molecule has 0 fully saturated rings. The van der Waals surface area contributed by atoms with Crippen LogP contribution in [-0.2, 0) is 26.2 Å². The summed E-state index contributed by atoms with van der Waals surface area (Å²) in [4.78, 5) is 28.3. The van der Waals surface area contributed by atoms with Crippen LogP contribution in [0.3, 0.4) is 0 Å². The van der Waals surface area contributed by atoms with Crippen molar-refractivity contribution < 1.29 is 27.1 Å². The summed E-state index contributed by atoms with van der Waals surface area (Å²) in [6, 6.07) is 26.3. The monoisotopic (exact) mass is 617 g/mol. The summed E-state index contributed by atoms with van der Waals surface area (Å²) in [6.07, 6.45) is 0. The van der Waals surface area contributed by atoms with E-state index in [-0.39, 0.29) is 23.2 Å². The van der Waals surface area contributed by atoms with E-state index in [0.29, 0.717) is 17.1 Å². The van der Waals surface area contributed by atoms with E-state index in [1.165, 1.54) is 41.3 Å². The first-order valence-corrected chi connectivity index (χ1v) is 15.6. The summed E-state index contributed by atoms with van der Waals surface area (Å²) in [6.45, 7) is 6.41. The average Bonchev–Trinajstić information content (AvgIpc) is 3.00. The highest BCUT2D eigenvalue weighted by molar-refractivity contribution is 7.92. The fourth-order valence-electron chi connectivity index (χ4n) is 4.45. The number of rotatable bonds is 12. The Balaban J connectivity index is 1.70. The number of amides is 2. The minimum absolute atomic E-state index is 0.0104. The molecule has 0 bridgehead atoms. The van der Waals surface area contributed by atoms with Gasteiger partial charge in [0.25, 0.3) is 10.0 Å². The van der Waals surface area contributed by atoms with Crippen LogP contribution >= 0.6 is 0 Å². The van der Waals surface area contributed by atoms with Crippen molar-refractivity contribution >= 4 is 27.5 Å². The van der Waals surface area contributed by atoms with Crippen LogP contribution in [0.15, 0.2) is 108 Å². The van der Waals surface area contributed by atoms with Gasteiger partial charge in [-0.2, -0.15) is 0 Å². The van der Waals surface area contributed by atoms with E-state index >= 15 is 0 Å². The van der Waals surface area contributed by atoms with Crippen LogP contribution in [0, 0.1) is 12.7 Å². The molecule has 0 spiro atoms. The molecule has 4 aromatic rings. The molecule has 0 radical (unpaired) electrons. The molecule has 0 aliphatic heterocycles. The topological polar surface area (TPSA) is 96.0 Å². The highest BCUT2D eigenvalue weighted by Gasteiger charge is 2.32. The van der Waals surface area contributed by atoms with Crippen LogP contribution < -0.4 is 14.4 Å². The lowest BCUT2D eigenvalue weighted by Crippen LogP contribution is -2.52. The molecule has 0 aliphatic carbocycles. The average molecular weight is 618 g/mol. The maximum absolute atomic E-state index is 14.0. The Morgan fingerprint density at radius 1 is 0.818 bits per heavy atom. The van der Waals surface area contributed by atoms with Crippen LogP contribution in [0.5, 0.6) is 11.5 Å². The Kier molecular flexibility index (Phi) is 10.4. The number of sulfonamides is 1. The summed E-state index contributed by atoms with van der Waals surface area (Å²) >= 11 is 0. The van der Waals surface area contributed by atoms with Crippen molar-refractivity contribution in [2.45, 2.75) is 51.2 Å². The molecule has 0 aromatic heterocycles. The predicted molar refractivity (Wildman–Crippen MR) is 168 cm³/mol. The van der Waals surface area contributed by atoms with E-state index in [2.05, 4.69) is 5.32 Å². The highest BCUT2D eigenvalue weighted by atomic mass is 32.2. The zero-order valence-corrected chi connectivity index (χ0v) is 25.9. The number of anilines is 1. The van der Waals surface area contributed by atoms with Gasteiger partial charge in [0, 0.05) is 12.6 Å². The lowest BCUT2D eigenvalue weighted by molar-refractivity contribution is -0.139. The zero-order valence-electron chi connectivity index (χ0n) is 25.1. The first-order valence-electron chi connectivity index (χ1n) is 14.2. The van der Waals surface area contributed by atoms with Crippen molar-refractivity contribution in [1.29, 1.82) is 0 Å². The van der Waals surface area contributed by atoms with Gasteiger partial charge >= 0.3 is 0 Å². The molecule has 1 atom stereocenters. The maximum atomic E-state index is 14.0. The quantitative estimate of drug-likeness (QED) is 0.208. The molecular formula is C34H36FN3O5S. The van der Waals surface area contributed by atoms with Crippen molar-refractivity contribution in [1.82, 2.24) is 10.2 Å². The van der Waals surface area contributed by atoms with Gasteiger partial charge < -0.3 is 15.0 Å². The molecule has 10 heteroatoms. The van der Waals surface area contributed by atoms with E-state index in [9.17, 15) is 22.4 Å². The number of nitrogens with zero attached hydrogens (tertiary/aromatic N) is 2. The predicted octanol–water partition coefficient (Wildman–Crippen LogP) is 6.06. The van der Waals surface area contributed by atoms with E-state index in [0.717, 1.165) is 9.87 Å². The number of para-hydroxylation sites is 1. The highest BCUT2D eigenvalue weighted by Crippen LogP contribution is 2.29. The zero-order chi connectivity index (χ0) is 31.9. The molecule has 44 heavy (non-hydrogen) atoms. The lowest BCUT2D eigenvalue weighted by atomic mass is 10.1. The summed E-state index contributed by atoms with van der Waals surface area (Å²) in [5, 5.41) is 2.81. The lowest BCUT2D eigenvalue weighted by Gasteiger charge is -2.32. The van der Waals surface area contributed by atoms with Gasteiger partial charge in [0.1, 0.15) is 29.9 Å². The van der Waals surface area contributed by atoms with E-state index in [1.807, 2.05) is 25.1 Å². The molecule has 0 heterocycles. The van der Waals surface area contributed by atoms with Crippen LogP contribution in [0.4, 0.5) is 10.1 Å². The molecule has 4 aromatic carbocycles. The molecule has 0 saturated carbocycles. The molecule has 1 N–H and O–H groups in total. The van der Waals surface area contributed by atoms with Crippen molar-refractivity contribution in [2.75, 3.05) is 10.8 Å². The van der Waals surface area contributed by atoms with E-state index in [1.54, 1.807) is 69.3 Å². The number of ether oxygens (including phenoxy) is 1. The second-order valence-electron chi connectivity index (χ2n) is 10.7. The number of hydrogen-bond donors (Lipinski definition) is 1. The molecule has 0 saturated heterocycles. The van der Waals surface area contributed by atoms with Crippen molar-refractivity contribution in [3.8, 4) is 11.5 Å². The second-order valence-corrected chi connectivity index (χ2v) is 12.6. The Morgan fingerprint density at radius 3 is 2.00 bits per heavy atom. The first kappa shape index (κ1) is 32.2. The largest absolute Gasteiger partial charge is 0.457 e. The molecule has 0 unspecified atom stereocenters. The van der Waals surface area contributed by atoms with Crippen LogP contribution in [-0.4, -0.2) is 43.8 Å². The number of aryl methyl sites for hydroxylation is 1. The Bertz CT molecular complexity index is 1660. The van der Waals surface area contributed by atoms with Gasteiger partial charge in [-0.25, -0.2) is 12.8 Å². The van der Waals surface area contributed by atoms with Crippen molar-refractivity contribution in [3.05, 3.63) is 120 Å². The summed E-state index contributed by atoms with van der Waals surface area (Å²) in [7, 11) is -4.22. The number of nitrogens with one attached hydrogen (secondary N) is 1. The van der Waals surface area contributed by atoms with Gasteiger partial charge in [0.05, 0.1) is 10.6 Å².